The fourth-order valence-electron chi connectivity index (χ4n) is 0.806. The number of alkyl halides is 1. The van der Waals surface area contributed by atoms with Crippen LogP contribution in [-0.4, -0.2) is 18.1 Å². The Hall–Kier alpha value is -1.71. The standard InChI is InChI=1S/C10H9FO3/c1-7(11)9(12)14-10(13)8-5-3-2-4-6-8/h2-7H,1H3. The smallest absolute Gasteiger partial charge is 0.348 e. The summed E-state index contributed by atoms with van der Waals surface area (Å²) in [5, 5.41) is 0. The molecule has 0 aliphatic rings. The Bertz CT molecular complexity index is 332. The molecule has 3 nitrogen and oxygen atoms in total. The zero-order valence-corrected chi connectivity index (χ0v) is 7.57. The maximum absolute atomic E-state index is 12.3. The summed E-state index contributed by atoms with van der Waals surface area (Å²) < 4.78 is 16.6. The van der Waals surface area contributed by atoms with E-state index in [4.69, 9.17) is 0 Å². The van der Waals surface area contributed by atoms with Crippen molar-refractivity contribution < 1.29 is 18.7 Å². The number of hydrogen-bond acceptors (Lipinski definition) is 3. The number of halogens is 1. The average molecular weight is 196 g/mol. The van der Waals surface area contributed by atoms with Crippen molar-refractivity contribution in [2.24, 2.45) is 0 Å². The largest absolute Gasteiger partial charge is 0.387 e. The Labute approximate surface area is 80.5 Å². The van der Waals surface area contributed by atoms with E-state index in [2.05, 4.69) is 4.74 Å². The van der Waals surface area contributed by atoms with Gasteiger partial charge in [0.1, 0.15) is 0 Å². The van der Waals surface area contributed by atoms with E-state index < -0.39 is 18.1 Å². The summed E-state index contributed by atoms with van der Waals surface area (Å²) in [6, 6.07) is 7.94. The molecule has 0 saturated heterocycles. The van der Waals surface area contributed by atoms with Crippen molar-refractivity contribution in [3.63, 3.8) is 0 Å². The fraction of sp³-hybridized carbons (Fsp3) is 0.200. The number of benzene rings is 1. The Morgan fingerprint density at radius 3 is 2.36 bits per heavy atom. The number of rotatable bonds is 2. The zero-order valence-electron chi connectivity index (χ0n) is 7.57. The van der Waals surface area contributed by atoms with Gasteiger partial charge in [-0.15, -0.1) is 0 Å². The second kappa shape index (κ2) is 4.50. The van der Waals surface area contributed by atoms with Crippen LogP contribution < -0.4 is 0 Å². The number of carbonyl (C=O) groups excluding carboxylic acids is 2. The highest BCUT2D eigenvalue weighted by molar-refractivity contribution is 5.97. The molecule has 0 aromatic heterocycles. The van der Waals surface area contributed by atoms with E-state index in [0.717, 1.165) is 6.92 Å². The third-order valence-corrected chi connectivity index (χ3v) is 1.53. The highest BCUT2D eigenvalue weighted by atomic mass is 19.1. The van der Waals surface area contributed by atoms with Crippen molar-refractivity contribution in [3.05, 3.63) is 35.9 Å². The summed E-state index contributed by atoms with van der Waals surface area (Å²) in [5.41, 5.74) is 0.224. The van der Waals surface area contributed by atoms with Gasteiger partial charge in [-0.05, 0) is 19.1 Å². The van der Waals surface area contributed by atoms with Gasteiger partial charge in [0.15, 0.2) is 6.17 Å². The first-order valence-corrected chi connectivity index (χ1v) is 4.06. The van der Waals surface area contributed by atoms with Gasteiger partial charge >= 0.3 is 11.9 Å². The molecule has 1 aromatic carbocycles. The maximum Gasteiger partial charge on any atom is 0.348 e. The number of carbonyl (C=O) groups is 2. The SMILES string of the molecule is CC(F)C(=O)OC(=O)c1ccccc1. The van der Waals surface area contributed by atoms with Crippen molar-refractivity contribution in [1.29, 1.82) is 0 Å². The van der Waals surface area contributed by atoms with Crippen LogP contribution in [0.1, 0.15) is 17.3 Å². The van der Waals surface area contributed by atoms with Crippen LogP contribution in [0.3, 0.4) is 0 Å². The Morgan fingerprint density at radius 2 is 1.86 bits per heavy atom. The van der Waals surface area contributed by atoms with Crippen LogP contribution in [0.5, 0.6) is 0 Å². The minimum absolute atomic E-state index is 0.224. The van der Waals surface area contributed by atoms with Gasteiger partial charge in [-0.3, -0.25) is 0 Å². The van der Waals surface area contributed by atoms with E-state index in [-0.39, 0.29) is 5.56 Å². The molecule has 0 aliphatic carbocycles. The first-order chi connectivity index (χ1) is 6.61. The van der Waals surface area contributed by atoms with Gasteiger partial charge in [-0.1, -0.05) is 18.2 Å². The normalized spacial score (nSPS) is 11.9. The molecule has 0 aliphatic heterocycles. The van der Waals surface area contributed by atoms with E-state index in [0.29, 0.717) is 0 Å². The molecule has 0 bridgehead atoms. The van der Waals surface area contributed by atoms with Crippen LogP contribution in [0.2, 0.25) is 0 Å². The number of ether oxygens (including phenoxy) is 1. The molecule has 1 rings (SSSR count). The molecule has 74 valence electrons. The van der Waals surface area contributed by atoms with Gasteiger partial charge in [0.2, 0.25) is 0 Å². The van der Waals surface area contributed by atoms with Gasteiger partial charge in [0.25, 0.3) is 0 Å². The molecular weight excluding hydrogens is 187 g/mol. The average Bonchev–Trinajstić information content (AvgIpc) is 2.19. The third-order valence-electron chi connectivity index (χ3n) is 1.53. The minimum atomic E-state index is -1.79. The first-order valence-electron chi connectivity index (χ1n) is 4.06. The zero-order chi connectivity index (χ0) is 10.6. The van der Waals surface area contributed by atoms with Crippen LogP contribution in [-0.2, 0) is 9.53 Å². The van der Waals surface area contributed by atoms with Gasteiger partial charge in [-0.25, -0.2) is 14.0 Å². The molecule has 1 atom stereocenters. The van der Waals surface area contributed by atoms with E-state index in [1.807, 2.05) is 0 Å². The molecule has 4 heteroatoms. The van der Waals surface area contributed by atoms with E-state index >= 15 is 0 Å². The van der Waals surface area contributed by atoms with Gasteiger partial charge in [-0.2, -0.15) is 0 Å². The number of hydrogen-bond donors (Lipinski definition) is 0. The molecular formula is C10H9FO3. The monoisotopic (exact) mass is 196 g/mol. The van der Waals surface area contributed by atoms with Crippen LogP contribution in [0.15, 0.2) is 30.3 Å². The first kappa shape index (κ1) is 10.4. The summed E-state index contributed by atoms with van der Waals surface area (Å²) in [7, 11) is 0. The van der Waals surface area contributed by atoms with E-state index in [9.17, 15) is 14.0 Å². The summed E-state index contributed by atoms with van der Waals surface area (Å²) in [6.45, 7) is 1.01. The number of esters is 2. The predicted octanol–water partition coefficient (Wildman–Crippen LogP) is 1.73. The molecule has 0 radical (unpaired) electrons. The molecule has 1 aromatic rings. The van der Waals surface area contributed by atoms with Gasteiger partial charge in [0, 0.05) is 0 Å². The molecule has 1 unspecified atom stereocenters. The lowest BCUT2D eigenvalue weighted by molar-refractivity contribution is -0.142. The Morgan fingerprint density at radius 1 is 1.29 bits per heavy atom. The second-order valence-corrected chi connectivity index (χ2v) is 2.69. The molecule has 0 N–H and O–H groups in total. The lowest BCUT2D eigenvalue weighted by atomic mass is 10.2. The Kier molecular flexibility index (Phi) is 3.34. The van der Waals surface area contributed by atoms with Crippen LogP contribution >= 0.6 is 0 Å². The maximum atomic E-state index is 12.3. The summed E-state index contributed by atoms with van der Waals surface area (Å²) in [4.78, 5) is 21.9. The van der Waals surface area contributed by atoms with Gasteiger partial charge in [0.05, 0.1) is 5.56 Å². The van der Waals surface area contributed by atoms with Crippen molar-refractivity contribution in [2.45, 2.75) is 13.1 Å². The highest BCUT2D eigenvalue weighted by Crippen LogP contribution is 2.03. The van der Waals surface area contributed by atoms with Crippen molar-refractivity contribution in [2.75, 3.05) is 0 Å². The minimum Gasteiger partial charge on any atom is -0.387 e. The second-order valence-electron chi connectivity index (χ2n) is 2.69. The lowest BCUT2D eigenvalue weighted by Gasteiger charge is -2.02. The molecule has 0 heterocycles. The van der Waals surface area contributed by atoms with Crippen molar-refractivity contribution in [1.82, 2.24) is 0 Å². The van der Waals surface area contributed by atoms with Crippen molar-refractivity contribution in [3.8, 4) is 0 Å². The molecule has 14 heavy (non-hydrogen) atoms. The lowest BCUT2D eigenvalue weighted by Crippen LogP contribution is -2.19. The summed E-state index contributed by atoms with van der Waals surface area (Å²) in [5.74, 6) is -2.00. The summed E-state index contributed by atoms with van der Waals surface area (Å²) in [6.07, 6.45) is -1.79. The van der Waals surface area contributed by atoms with E-state index in [1.165, 1.54) is 12.1 Å². The van der Waals surface area contributed by atoms with Crippen molar-refractivity contribution >= 4 is 11.9 Å². The van der Waals surface area contributed by atoms with Crippen LogP contribution in [0.25, 0.3) is 0 Å². The molecule has 0 saturated carbocycles. The summed E-state index contributed by atoms with van der Waals surface area (Å²) >= 11 is 0. The van der Waals surface area contributed by atoms with E-state index in [1.54, 1.807) is 18.2 Å². The predicted molar refractivity (Wildman–Crippen MR) is 47.4 cm³/mol. The fourth-order valence-corrected chi connectivity index (χ4v) is 0.806. The quantitative estimate of drug-likeness (QED) is 0.534. The Balaban J connectivity index is 2.65. The van der Waals surface area contributed by atoms with Crippen LogP contribution in [0.4, 0.5) is 4.39 Å². The topological polar surface area (TPSA) is 43.4 Å². The molecule has 0 spiro atoms. The van der Waals surface area contributed by atoms with Gasteiger partial charge < -0.3 is 4.74 Å². The molecule has 0 fully saturated rings. The van der Waals surface area contributed by atoms with Crippen LogP contribution in [0, 0.1) is 0 Å². The highest BCUT2D eigenvalue weighted by Gasteiger charge is 2.17. The molecule has 0 amide bonds. The third kappa shape index (κ3) is 2.65.